The van der Waals surface area contributed by atoms with Gasteiger partial charge in [0, 0.05) is 36.1 Å². The molecule has 4 aromatic rings. The van der Waals surface area contributed by atoms with Crippen molar-refractivity contribution < 1.29 is 23.4 Å². The van der Waals surface area contributed by atoms with E-state index >= 15 is 8.78 Å². The van der Waals surface area contributed by atoms with Crippen molar-refractivity contribution in [3.05, 3.63) is 73.6 Å². The van der Waals surface area contributed by atoms with Gasteiger partial charge in [-0.05, 0) is 57.9 Å². The van der Waals surface area contributed by atoms with Gasteiger partial charge in [-0.3, -0.25) is 9.59 Å². The number of carbonyl (C=O) groups excluding carboxylic acids is 1. The first-order valence-corrected chi connectivity index (χ1v) is 12.4. The molecule has 0 saturated heterocycles. The van der Waals surface area contributed by atoms with Gasteiger partial charge in [0.15, 0.2) is 0 Å². The Hall–Kier alpha value is -3.50. The molecular formula is C27H29F2N3O4S. The molecule has 0 saturated carbocycles. The van der Waals surface area contributed by atoms with E-state index in [1.807, 2.05) is 6.92 Å². The lowest BCUT2D eigenvalue weighted by Gasteiger charge is -2.23. The summed E-state index contributed by atoms with van der Waals surface area (Å²) in [6.07, 6.45) is -2.17. The predicted molar refractivity (Wildman–Crippen MR) is 141 cm³/mol. The Morgan fingerprint density at radius 1 is 1.14 bits per heavy atom. The molecule has 37 heavy (non-hydrogen) atoms. The van der Waals surface area contributed by atoms with Crippen molar-refractivity contribution >= 4 is 28.1 Å². The fraction of sp³-hybridized carbons (Fsp3) is 0.333. The molecule has 0 fully saturated rings. The standard InChI is InChI=1S/C27H29F2N3O4S/c1-13-8-14(2)21(15(3)9-13)27(28,29)36-19-11-20(26(4,5)35)37-23(19)17-12-32(7)25(34)22-16(17)10-18(31-22)24(33)30-6/h8-12,31,35H,1-7H3,(H,30,33). The summed E-state index contributed by atoms with van der Waals surface area (Å²) in [6, 6.07) is 6.25. The number of aromatic amines is 1. The third kappa shape index (κ3) is 4.78. The number of benzene rings is 1. The molecule has 0 spiro atoms. The van der Waals surface area contributed by atoms with E-state index < -0.39 is 17.6 Å². The number of hydrogen-bond acceptors (Lipinski definition) is 5. The largest absolute Gasteiger partial charge is 0.427 e. The maximum atomic E-state index is 15.7. The van der Waals surface area contributed by atoms with E-state index in [0.717, 1.165) is 16.9 Å². The number of nitrogens with one attached hydrogen (secondary N) is 2. The molecule has 3 N–H and O–H groups in total. The number of aliphatic hydroxyl groups is 1. The summed E-state index contributed by atoms with van der Waals surface area (Å²) in [5.41, 5.74) is 0.423. The Bertz CT molecular complexity index is 1570. The third-order valence-corrected chi connectivity index (χ3v) is 7.65. The first kappa shape index (κ1) is 26.6. The quantitative estimate of drug-likeness (QED) is 0.319. The van der Waals surface area contributed by atoms with Gasteiger partial charge in [-0.1, -0.05) is 17.7 Å². The van der Waals surface area contributed by atoms with Crippen molar-refractivity contribution in [2.24, 2.45) is 7.05 Å². The summed E-state index contributed by atoms with van der Waals surface area (Å²) < 4.78 is 38.2. The van der Waals surface area contributed by atoms with Crippen molar-refractivity contribution in [1.82, 2.24) is 14.9 Å². The van der Waals surface area contributed by atoms with Crippen LogP contribution in [-0.4, -0.2) is 27.6 Å². The van der Waals surface area contributed by atoms with Crippen LogP contribution in [0, 0.1) is 20.8 Å². The molecule has 3 heterocycles. The molecule has 10 heteroatoms. The number of ether oxygens (including phenoxy) is 1. The van der Waals surface area contributed by atoms with Crippen LogP contribution in [0.3, 0.4) is 0 Å². The molecule has 4 rings (SSSR count). The number of amides is 1. The zero-order valence-corrected chi connectivity index (χ0v) is 22.5. The van der Waals surface area contributed by atoms with Crippen LogP contribution < -0.4 is 15.6 Å². The summed E-state index contributed by atoms with van der Waals surface area (Å²) in [6.45, 7) is 8.16. The van der Waals surface area contributed by atoms with E-state index in [4.69, 9.17) is 4.74 Å². The Labute approximate surface area is 216 Å². The smallest absolute Gasteiger partial charge is 0.427 e. The van der Waals surface area contributed by atoms with Crippen LogP contribution >= 0.6 is 11.3 Å². The number of hydrogen-bond donors (Lipinski definition) is 3. The number of aryl methyl sites for hydroxylation is 4. The summed E-state index contributed by atoms with van der Waals surface area (Å²) >= 11 is 1.08. The van der Waals surface area contributed by atoms with E-state index in [1.54, 1.807) is 39.8 Å². The molecule has 0 aliphatic heterocycles. The number of carbonyl (C=O) groups is 1. The molecule has 0 aliphatic carbocycles. The van der Waals surface area contributed by atoms with Crippen LogP contribution in [0.4, 0.5) is 8.78 Å². The van der Waals surface area contributed by atoms with Gasteiger partial charge in [-0.15, -0.1) is 11.3 Å². The Kier molecular flexibility index (Phi) is 6.54. The van der Waals surface area contributed by atoms with E-state index in [9.17, 15) is 14.7 Å². The highest BCUT2D eigenvalue weighted by atomic mass is 32.1. The van der Waals surface area contributed by atoms with Crippen LogP contribution in [0.15, 0.2) is 35.3 Å². The van der Waals surface area contributed by atoms with Crippen molar-refractivity contribution in [3.63, 3.8) is 0 Å². The zero-order valence-electron chi connectivity index (χ0n) is 21.7. The third-order valence-electron chi connectivity index (χ3n) is 6.19. The molecule has 1 aromatic carbocycles. The van der Waals surface area contributed by atoms with Gasteiger partial charge in [-0.25, -0.2) is 0 Å². The van der Waals surface area contributed by atoms with Gasteiger partial charge in [0.25, 0.3) is 11.5 Å². The van der Waals surface area contributed by atoms with Crippen molar-refractivity contribution in [2.45, 2.75) is 46.3 Å². The lowest BCUT2D eigenvalue weighted by atomic mass is 9.99. The van der Waals surface area contributed by atoms with Crippen LogP contribution in [-0.2, 0) is 18.8 Å². The van der Waals surface area contributed by atoms with Crippen molar-refractivity contribution in [1.29, 1.82) is 0 Å². The lowest BCUT2D eigenvalue weighted by Crippen LogP contribution is -2.24. The molecule has 1 amide bonds. The Morgan fingerprint density at radius 3 is 2.32 bits per heavy atom. The number of nitrogens with zero attached hydrogens (tertiary/aromatic N) is 1. The zero-order chi connectivity index (χ0) is 27.4. The number of halogens is 2. The van der Waals surface area contributed by atoms with Gasteiger partial charge < -0.3 is 24.7 Å². The maximum absolute atomic E-state index is 15.7. The summed E-state index contributed by atoms with van der Waals surface area (Å²) in [5.74, 6) is -0.574. The number of alkyl halides is 2. The topological polar surface area (TPSA) is 96.3 Å². The highest BCUT2D eigenvalue weighted by Gasteiger charge is 2.40. The molecule has 0 radical (unpaired) electrons. The number of aromatic nitrogens is 2. The van der Waals surface area contributed by atoms with Crippen molar-refractivity contribution in [3.8, 4) is 16.2 Å². The van der Waals surface area contributed by atoms with Gasteiger partial charge in [0.05, 0.1) is 16.0 Å². The number of rotatable bonds is 6. The van der Waals surface area contributed by atoms with Crippen LogP contribution in [0.1, 0.15) is 51.5 Å². The summed E-state index contributed by atoms with van der Waals surface area (Å²) in [4.78, 5) is 28.6. The second-order valence-corrected chi connectivity index (χ2v) is 10.8. The van der Waals surface area contributed by atoms with Crippen LogP contribution in [0.5, 0.6) is 5.75 Å². The molecule has 0 unspecified atom stereocenters. The minimum atomic E-state index is -3.68. The molecule has 0 aliphatic rings. The van der Waals surface area contributed by atoms with E-state index in [-0.39, 0.29) is 28.1 Å². The normalized spacial score (nSPS) is 12.3. The maximum Gasteiger partial charge on any atom is 0.427 e. The van der Waals surface area contributed by atoms with Gasteiger partial charge in [0.2, 0.25) is 0 Å². The van der Waals surface area contributed by atoms with E-state index in [2.05, 4.69) is 10.3 Å². The molecule has 0 atom stereocenters. The van der Waals surface area contributed by atoms with E-state index in [1.165, 1.54) is 37.0 Å². The highest BCUT2D eigenvalue weighted by Crippen LogP contribution is 2.47. The molecule has 7 nitrogen and oxygen atoms in total. The van der Waals surface area contributed by atoms with E-state index in [0.29, 0.717) is 31.8 Å². The fourth-order valence-electron chi connectivity index (χ4n) is 4.54. The summed E-state index contributed by atoms with van der Waals surface area (Å²) in [7, 11) is 3.00. The molecular weight excluding hydrogens is 500 g/mol. The lowest BCUT2D eigenvalue weighted by molar-refractivity contribution is -0.185. The Balaban J connectivity index is 1.96. The number of H-pyrrole nitrogens is 1. The number of pyridine rings is 1. The van der Waals surface area contributed by atoms with Crippen LogP contribution in [0.2, 0.25) is 0 Å². The van der Waals surface area contributed by atoms with Crippen LogP contribution in [0.25, 0.3) is 21.3 Å². The monoisotopic (exact) mass is 529 g/mol. The minimum Gasteiger partial charge on any atom is -0.427 e. The highest BCUT2D eigenvalue weighted by molar-refractivity contribution is 7.16. The van der Waals surface area contributed by atoms with Gasteiger partial charge in [-0.2, -0.15) is 8.78 Å². The molecule has 0 bridgehead atoms. The summed E-state index contributed by atoms with van der Waals surface area (Å²) in [5, 5.41) is 13.6. The van der Waals surface area contributed by atoms with Gasteiger partial charge in [0.1, 0.15) is 17.0 Å². The van der Waals surface area contributed by atoms with Crippen molar-refractivity contribution in [2.75, 3.05) is 7.05 Å². The minimum absolute atomic E-state index is 0.144. The second kappa shape index (κ2) is 9.11. The fourth-order valence-corrected chi connectivity index (χ4v) is 5.65. The number of fused-ring (bicyclic) bond motifs is 1. The predicted octanol–water partition coefficient (Wildman–Crippen LogP) is 5.24. The second-order valence-electron chi connectivity index (χ2n) is 9.77. The SMILES string of the molecule is CNC(=O)c1cc2c(-c3sc(C(C)(C)O)cc3OC(F)(F)c3c(C)cc(C)cc3C)cn(C)c(=O)c2[nH]1. The molecule has 3 aromatic heterocycles. The average Bonchev–Trinajstić information content (AvgIpc) is 3.39. The first-order chi connectivity index (χ1) is 17.1. The molecule has 196 valence electrons. The number of thiophene rings is 1. The first-order valence-electron chi connectivity index (χ1n) is 11.6. The average molecular weight is 530 g/mol. The van der Waals surface area contributed by atoms with Gasteiger partial charge >= 0.3 is 6.11 Å². The Morgan fingerprint density at radius 2 is 1.76 bits per heavy atom.